The van der Waals surface area contributed by atoms with Gasteiger partial charge in [-0.05, 0) is 36.1 Å². The molecule has 106 valence electrons. The average molecular weight is 291 g/mol. The first-order valence-corrected chi connectivity index (χ1v) is 7.36. The lowest BCUT2D eigenvalue weighted by molar-refractivity contribution is 0.0932. The molecule has 1 amide bonds. The predicted molar refractivity (Wildman–Crippen MR) is 79.2 cm³/mol. The van der Waals surface area contributed by atoms with Gasteiger partial charge in [-0.25, -0.2) is 0 Å². The molecule has 0 spiro atoms. The van der Waals surface area contributed by atoms with Crippen LogP contribution in [0.25, 0.3) is 0 Å². The second-order valence-corrected chi connectivity index (χ2v) is 5.51. The number of phenols is 2. The van der Waals surface area contributed by atoms with E-state index in [0.717, 1.165) is 17.7 Å². The molecule has 3 N–H and O–H groups in total. The van der Waals surface area contributed by atoms with Gasteiger partial charge in [-0.15, -0.1) is 11.3 Å². The second kappa shape index (κ2) is 6.43. The average Bonchev–Trinajstić information content (AvgIpc) is 2.95. The summed E-state index contributed by atoms with van der Waals surface area (Å²) in [5.41, 5.74) is 0.0858. The van der Waals surface area contributed by atoms with Crippen LogP contribution in [0.5, 0.6) is 11.5 Å². The number of hydrogen-bond donors (Lipinski definition) is 3. The molecule has 2 rings (SSSR count). The smallest absolute Gasteiger partial charge is 0.255 e. The number of thiophene rings is 1. The minimum Gasteiger partial charge on any atom is -0.508 e. The molecule has 0 aliphatic carbocycles. The number of carbonyl (C=O) groups excluding carboxylic acids is 1. The number of nitrogens with one attached hydrogen (secondary N) is 1. The quantitative estimate of drug-likeness (QED) is 0.739. The lowest BCUT2D eigenvalue weighted by Gasteiger charge is -2.17. The molecule has 1 heterocycles. The zero-order valence-electron chi connectivity index (χ0n) is 11.2. The maximum atomic E-state index is 12.2. The Morgan fingerprint density at radius 2 is 2.15 bits per heavy atom. The van der Waals surface area contributed by atoms with Crippen LogP contribution >= 0.6 is 11.3 Å². The number of benzene rings is 1. The van der Waals surface area contributed by atoms with Crippen molar-refractivity contribution in [1.29, 1.82) is 0 Å². The first-order valence-electron chi connectivity index (χ1n) is 6.48. The van der Waals surface area contributed by atoms with E-state index < -0.39 is 0 Å². The fourth-order valence-corrected chi connectivity index (χ4v) is 2.82. The molecular weight excluding hydrogens is 274 g/mol. The van der Waals surface area contributed by atoms with Crippen LogP contribution in [0.2, 0.25) is 0 Å². The van der Waals surface area contributed by atoms with Crippen molar-refractivity contribution >= 4 is 17.2 Å². The van der Waals surface area contributed by atoms with E-state index in [1.165, 1.54) is 18.2 Å². The van der Waals surface area contributed by atoms with Gasteiger partial charge in [-0.1, -0.05) is 19.4 Å². The molecule has 0 saturated carbocycles. The van der Waals surface area contributed by atoms with Crippen LogP contribution in [-0.2, 0) is 0 Å². The summed E-state index contributed by atoms with van der Waals surface area (Å²) in [6.45, 7) is 2.05. The largest absolute Gasteiger partial charge is 0.508 e. The first kappa shape index (κ1) is 14.4. The van der Waals surface area contributed by atoms with Crippen molar-refractivity contribution in [2.45, 2.75) is 25.8 Å². The molecular formula is C15H17NO3S. The van der Waals surface area contributed by atoms with Crippen LogP contribution in [0, 0.1) is 0 Å². The Hall–Kier alpha value is -2.01. The van der Waals surface area contributed by atoms with Gasteiger partial charge in [0.2, 0.25) is 0 Å². The van der Waals surface area contributed by atoms with Crippen molar-refractivity contribution in [3.05, 3.63) is 46.2 Å². The third-order valence-corrected chi connectivity index (χ3v) is 3.98. The predicted octanol–water partition coefficient (Wildman–Crippen LogP) is 3.43. The van der Waals surface area contributed by atoms with E-state index >= 15 is 0 Å². The summed E-state index contributed by atoms with van der Waals surface area (Å²) in [5.74, 6) is -0.567. The fraction of sp³-hybridized carbons (Fsp3) is 0.267. The maximum absolute atomic E-state index is 12.2. The summed E-state index contributed by atoms with van der Waals surface area (Å²) in [6, 6.07) is 7.77. The number of amides is 1. The van der Waals surface area contributed by atoms with Crippen LogP contribution in [0.3, 0.4) is 0 Å². The van der Waals surface area contributed by atoms with Crippen LogP contribution < -0.4 is 5.32 Å². The fourth-order valence-electron chi connectivity index (χ4n) is 2.01. The van der Waals surface area contributed by atoms with E-state index in [0.29, 0.717) is 0 Å². The topological polar surface area (TPSA) is 69.6 Å². The highest BCUT2D eigenvalue weighted by atomic mass is 32.1. The van der Waals surface area contributed by atoms with Crippen LogP contribution in [-0.4, -0.2) is 16.1 Å². The van der Waals surface area contributed by atoms with Gasteiger partial charge in [-0.2, -0.15) is 0 Å². The summed E-state index contributed by atoms with van der Waals surface area (Å²) in [5, 5.41) is 24.0. The maximum Gasteiger partial charge on any atom is 0.255 e. The molecule has 0 radical (unpaired) electrons. The Morgan fingerprint density at radius 3 is 2.80 bits per heavy atom. The van der Waals surface area contributed by atoms with Gasteiger partial charge in [0.1, 0.15) is 11.5 Å². The molecule has 1 aromatic carbocycles. The third kappa shape index (κ3) is 3.30. The zero-order chi connectivity index (χ0) is 14.5. The van der Waals surface area contributed by atoms with E-state index in [1.54, 1.807) is 11.3 Å². The monoisotopic (exact) mass is 291 g/mol. The van der Waals surface area contributed by atoms with Crippen molar-refractivity contribution in [1.82, 2.24) is 5.32 Å². The summed E-state index contributed by atoms with van der Waals surface area (Å²) < 4.78 is 0. The van der Waals surface area contributed by atoms with Crippen molar-refractivity contribution < 1.29 is 15.0 Å². The van der Waals surface area contributed by atoms with Crippen LogP contribution in [0.15, 0.2) is 35.7 Å². The van der Waals surface area contributed by atoms with E-state index in [9.17, 15) is 15.0 Å². The van der Waals surface area contributed by atoms with Gasteiger partial charge in [0.15, 0.2) is 0 Å². The van der Waals surface area contributed by atoms with E-state index in [-0.39, 0.29) is 29.0 Å². The van der Waals surface area contributed by atoms with Crippen molar-refractivity contribution in [3.63, 3.8) is 0 Å². The standard InChI is InChI=1S/C15H17NO3S/c1-2-4-12(14-5-3-8-20-14)16-15(19)11-9-10(17)6-7-13(11)18/h3,5-9,12,17-18H,2,4H2,1H3,(H,16,19). The van der Waals surface area contributed by atoms with Gasteiger partial charge in [0.05, 0.1) is 11.6 Å². The lowest BCUT2D eigenvalue weighted by atomic mass is 10.1. The number of hydrogen-bond acceptors (Lipinski definition) is 4. The third-order valence-electron chi connectivity index (χ3n) is 2.99. The zero-order valence-corrected chi connectivity index (χ0v) is 12.0. The van der Waals surface area contributed by atoms with E-state index in [1.807, 2.05) is 17.5 Å². The lowest BCUT2D eigenvalue weighted by Crippen LogP contribution is -2.28. The van der Waals surface area contributed by atoms with E-state index in [4.69, 9.17) is 0 Å². The number of aromatic hydroxyl groups is 2. The molecule has 1 aromatic heterocycles. The molecule has 0 saturated heterocycles. The molecule has 5 heteroatoms. The molecule has 1 atom stereocenters. The summed E-state index contributed by atoms with van der Waals surface area (Å²) in [7, 11) is 0. The number of rotatable bonds is 5. The first-order chi connectivity index (χ1) is 9.61. The second-order valence-electron chi connectivity index (χ2n) is 4.53. The summed E-state index contributed by atoms with van der Waals surface area (Å²) in [6.07, 6.45) is 1.76. The molecule has 0 aliphatic rings. The van der Waals surface area contributed by atoms with Crippen LogP contribution in [0.1, 0.15) is 41.0 Å². The van der Waals surface area contributed by atoms with Gasteiger partial charge in [0, 0.05) is 4.88 Å². The molecule has 4 nitrogen and oxygen atoms in total. The number of carbonyl (C=O) groups is 1. The van der Waals surface area contributed by atoms with Crippen molar-refractivity contribution in [2.75, 3.05) is 0 Å². The molecule has 1 unspecified atom stereocenters. The normalized spacial score (nSPS) is 12.1. The van der Waals surface area contributed by atoms with Gasteiger partial charge in [-0.3, -0.25) is 4.79 Å². The Balaban J connectivity index is 2.18. The summed E-state index contributed by atoms with van der Waals surface area (Å²) in [4.78, 5) is 13.3. The highest BCUT2D eigenvalue weighted by Gasteiger charge is 2.18. The van der Waals surface area contributed by atoms with Crippen molar-refractivity contribution in [2.24, 2.45) is 0 Å². The van der Waals surface area contributed by atoms with Gasteiger partial charge >= 0.3 is 0 Å². The minimum absolute atomic E-state index is 0.0453. The van der Waals surface area contributed by atoms with Crippen molar-refractivity contribution in [3.8, 4) is 11.5 Å². The molecule has 0 bridgehead atoms. The van der Waals surface area contributed by atoms with Crippen LogP contribution in [0.4, 0.5) is 0 Å². The summed E-state index contributed by atoms with van der Waals surface area (Å²) >= 11 is 1.59. The Morgan fingerprint density at radius 1 is 1.35 bits per heavy atom. The highest BCUT2D eigenvalue weighted by Crippen LogP contribution is 2.26. The van der Waals surface area contributed by atoms with Gasteiger partial charge in [0.25, 0.3) is 5.91 Å². The Bertz CT molecular complexity index is 581. The molecule has 0 fully saturated rings. The highest BCUT2D eigenvalue weighted by molar-refractivity contribution is 7.10. The Kier molecular flexibility index (Phi) is 4.63. The van der Waals surface area contributed by atoms with E-state index in [2.05, 4.69) is 12.2 Å². The molecule has 0 aliphatic heterocycles. The number of phenolic OH excluding ortho intramolecular Hbond substituents is 2. The SMILES string of the molecule is CCCC(NC(=O)c1cc(O)ccc1O)c1cccs1. The molecule has 2 aromatic rings. The molecule has 20 heavy (non-hydrogen) atoms. The van der Waals surface area contributed by atoms with Gasteiger partial charge < -0.3 is 15.5 Å². The minimum atomic E-state index is -0.384. The Labute approximate surface area is 121 Å².